The van der Waals surface area contributed by atoms with Crippen LogP contribution >= 0.6 is 0 Å². The third-order valence-electron chi connectivity index (χ3n) is 4.17. The highest BCUT2D eigenvalue weighted by Crippen LogP contribution is 2.39. The van der Waals surface area contributed by atoms with Crippen LogP contribution in [-0.2, 0) is 13.0 Å². The molecule has 17 heavy (non-hydrogen) atoms. The number of hydrogen-bond donors (Lipinski definition) is 1. The lowest BCUT2D eigenvalue weighted by molar-refractivity contribution is 0.281. The summed E-state index contributed by atoms with van der Waals surface area (Å²) in [5, 5.41) is 9.31. The van der Waals surface area contributed by atoms with Gasteiger partial charge < -0.3 is 10.0 Å². The van der Waals surface area contributed by atoms with Crippen LogP contribution in [0.4, 0.5) is 5.82 Å². The molecule has 2 bridgehead atoms. The molecule has 2 aliphatic rings. The third kappa shape index (κ3) is 1.93. The van der Waals surface area contributed by atoms with Gasteiger partial charge in [-0.3, -0.25) is 0 Å². The van der Waals surface area contributed by atoms with Crippen molar-refractivity contribution in [2.75, 3.05) is 11.4 Å². The van der Waals surface area contributed by atoms with Crippen molar-refractivity contribution in [3.05, 3.63) is 23.4 Å². The summed E-state index contributed by atoms with van der Waals surface area (Å²) in [6.45, 7) is 3.39. The largest absolute Gasteiger partial charge is 0.392 e. The number of anilines is 1. The van der Waals surface area contributed by atoms with Crippen molar-refractivity contribution in [3.63, 3.8) is 0 Å². The summed E-state index contributed by atoms with van der Waals surface area (Å²) >= 11 is 0. The van der Waals surface area contributed by atoms with Crippen LogP contribution in [0.5, 0.6) is 0 Å². The van der Waals surface area contributed by atoms with Gasteiger partial charge in [0.1, 0.15) is 5.82 Å². The normalized spacial score (nSPS) is 26.8. The molecule has 1 aromatic rings. The number of rotatable bonds is 3. The zero-order chi connectivity index (χ0) is 11.8. The van der Waals surface area contributed by atoms with E-state index in [-0.39, 0.29) is 6.61 Å². The smallest absolute Gasteiger partial charge is 0.129 e. The standard InChI is InChI=1S/C14H20N2O/c1-2-12-5-11(9-17)7-14(15-12)16-8-10-3-4-13(16)6-10/h5,7,10,13,17H,2-4,6,8-9H2,1H3. The molecular formula is C14H20N2O. The molecular weight excluding hydrogens is 212 g/mol. The fourth-order valence-corrected chi connectivity index (χ4v) is 3.26. The Bertz CT molecular complexity index is 396. The highest BCUT2D eigenvalue weighted by Gasteiger charge is 2.38. The number of pyridine rings is 1. The summed E-state index contributed by atoms with van der Waals surface area (Å²) in [7, 11) is 0. The van der Waals surface area contributed by atoms with Crippen LogP contribution < -0.4 is 4.90 Å². The molecule has 0 spiro atoms. The van der Waals surface area contributed by atoms with Crippen LogP contribution in [0.1, 0.15) is 37.4 Å². The molecule has 1 saturated carbocycles. The lowest BCUT2D eigenvalue weighted by Gasteiger charge is -2.28. The minimum atomic E-state index is 0.116. The first kappa shape index (κ1) is 11.0. The maximum absolute atomic E-state index is 9.31. The Morgan fingerprint density at radius 1 is 1.41 bits per heavy atom. The van der Waals surface area contributed by atoms with Crippen LogP contribution in [0.3, 0.4) is 0 Å². The van der Waals surface area contributed by atoms with Crippen LogP contribution in [0.25, 0.3) is 0 Å². The van der Waals surface area contributed by atoms with Gasteiger partial charge in [0.25, 0.3) is 0 Å². The maximum Gasteiger partial charge on any atom is 0.129 e. The minimum absolute atomic E-state index is 0.116. The molecule has 1 aromatic heterocycles. The van der Waals surface area contributed by atoms with E-state index in [2.05, 4.69) is 17.9 Å². The van der Waals surface area contributed by atoms with Gasteiger partial charge in [-0.15, -0.1) is 0 Å². The van der Waals surface area contributed by atoms with Crippen molar-refractivity contribution < 1.29 is 5.11 Å². The van der Waals surface area contributed by atoms with E-state index in [1.165, 1.54) is 19.3 Å². The monoisotopic (exact) mass is 232 g/mol. The van der Waals surface area contributed by atoms with Crippen molar-refractivity contribution >= 4 is 5.82 Å². The van der Waals surface area contributed by atoms with E-state index in [1.807, 2.05) is 6.07 Å². The number of hydrogen-bond acceptors (Lipinski definition) is 3. The average molecular weight is 232 g/mol. The summed E-state index contributed by atoms with van der Waals surface area (Å²) in [6.07, 6.45) is 4.98. The molecule has 2 heterocycles. The lowest BCUT2D eigenvalue weighted by atomic mass is 10.1. The first-order chi connectivity index (χ1) is 8.30. The molecule has 0 aromatic carbocycles. The second-order valence-electron chi connectivity index (χ2n) is 5.32. The molecule has 3 heteroatoms. The van der Waals surface area contributed by atoms with Gasteiger partial charge in [0.2, 0.25) is 0 Å². The molecule has 92 valence electrons. The van der Waals surface area contributed by atoms with E-state index in [9.17, 15) is 5.11 Å². The third-order valence-corrected chi connectivity index (χ3v) is 4.17. The van der Waals surface area contributed by atoms with Gasteiger partial charge in [0.05, 0.1) is 6.61 Å². The van der Waals surface area contributed by atoms with Gasteiger partial charge >= 0.3 is 0 Å². The van der Waals surface area contributed by atoms with Gasteiger partial charge in [-0.1, -0.05) is 6.92 Å². The van der Waals surface area contributed by atoms with Gasteiger partial charge in [0, 0.05) is 18.3 Å². The quantitative estimate of drug-likeness (QED) is 0.867. The Hall–Kier alpha value is -1.09. The van der Waals surface area contributed by atoms with Gasteiger partial charge in [0.15, 0.2) is 0 Å². The van der Waals surface area contributed by atoms with Crippen LogP contribution in [0, 0.1) is 5.92 Å². The number of aliphatic hydroxyl groups excluding tert-OH is 1. The van der Waals surface area contributed by atoms with Crippen molar-refractivity contribution in [2.24, 2.45) is 5.92 Å². The summed E-state index contributed by atoms with van der Waals surface area (Å²) < 4.78 is 0. The van der Waals surface area contributed by atoms with Crippen molar-refractivity contribution in [1.29, 1.82) is 0 Å². The van der Waals surface area contributed by atoms with Crippen molar-refractivity contribution in [2.45, 2.75) is 45.3 Å². The van der Waals surface area contributed by atoms with Crippen molar-refractivity contribution in [3.8, 4) is 0 Å². The molecule has 2 atom stereocenters. The van der Waals surface area contributed by atoms with Gasteiger partial charge in [-0.2, -0.15) is 0 Å². The Balaban J connectivity index is 1.91. The zero-order valence-electron chi connectivity index (χ0n) is 10.4. The molecule has 3 rings (SSSR count). The van der Waals surface area contributed by atoms with Crippen LogP contribution in [0.15, 0.2) is 12.1 Å². The molecule has 0 amide bonds. The summed E-state index contributed by atoms with van der Waals surface area (Å²) in [5.74, 6) is 1.96. The predicted molar refractivity (Wildman–Crippen MR) is 68.0 cm³/mol. The van der Waals surface area contributed by atoms with E-state index in [1.54, 1.807) is 0 Å². The van der Waals surface area contributed by atoms with Crippen LogP contribution in [-0.4, -0.2) is 22.7 Å². The van der Waals surface area contributed by atoms with E-state index < -0.39 is 0 Å². The molecule has 1 saturated heterocycles. The van der Waals surface area contributed by atoms with Crippen molar-refractivity contribution in [1.82, 2.24) is 4.98 Å². The second-order valence-corrected chi connectivity index (χ2v) is 5.32. The molecule has 1 N–H and O–H groups in total. The number of aryl methyl sites for hydroxylation is 1. The summed E-state index contributed by atoms with van der Waals surface area (Å²) in [5.41, 5.74) is 2.09. The molecule has 2 unspecified atom stereocenters. The molecule has 1 aliphatic heterocycles. The highest BCUT2D eigenvalue weighted by molar-refractivity contribution is 5.46. The Morgan fingerprint density at radius 2 is 2.29 bits per heavy atom. The highest BCUT2D eigenvalue weighted by atomic mass is 16.3. The zero-order valence-corrected chi connectivity index (χ0v) is 10.4. The van der Waals surface area contributed by atoms with Gasteiger partial charge in [-0.25, -0.2) is 4.98 Å². The molecule has 0 radical (unpaired) electrons. The lowest BCUT2D eigenvalue weighted by Crippen LogP contribution is -2.32. The molecule has 2 fully saturated rings. The Labute approximate surface area is 102 Å². The van der Waals surface area contributed by atoms with Gasteiger partial charge in [-0.05, 0) is 49.3 Å². The maximum atomic E-state index is 9.31. The minimum Gasteiger partial charge on any atom is -0.392 e. The number of nitrogens with zero attached hydrogens (tertiary/aromatic N) is 2. The number of aliphatic hydroxyl groups is 1. The molecule has 1 aliphatic carbocycles. The van der Waals surface area contributed by atoms with E-state index >= 15 is 0 Å². The topological polar surface area (TPSA) is 36.4 Å². The number of piperidine rings is 1. The van der Waals surface area contributed by atoms with Crippen LogP contribution in [0.2, 0.25) is 0 Å². The fraction of sp³-hybridized carbons (Fsp3) is 0.643. The first-order valence-corrected chi connectivity index (χ1v) is 6.67. The summed E-state index contributed by atoms with van der Waals surface area (Å²) in [6, 6.07) is 4.77. The van der Waals surface area contributed by atoms with E-state index in [0.29, 0.717) is 6.04 Å². The predicted octanol–water partition coefficient (Wildman–Crippen LogP) is 2.12. The number of aromatic nitrogens is 1. The molecule has 3 nitrogen and oxygen atoms in total. The fourth-order valence-electron chi connectivity index (χ4n) is 3.26. The van der Waals surface area contributed by atoms with E-state index in [4.69, 9.17) is 4.98 Å². The Kier molecular flexibility index (Phi) is 2.79. The summed E-state index contributed by atoms with van der Waals surface area (Å²) in [4.78, 5) is 7.17. The number of fused-ring (bicyclic) bond motifs is 2. The Morgan fingerprint density at radius 3 is 2.88 bits per heavy atom. The van der Waals surface area contributed by atoms with E-state index in [0.717, 1.165) is 36.0 Å². The SMILES string of the molecule is CCc1cc(CO)cc(N2CC3CCC2C3)n1. The second kappa shape index (κ2) is 4.30. The first-order valence-electron chi connectivity index (χ1n) is 6.67. The average Bonchev–Trinajstić information content (AvgIpc) is 3.00.